The van der Waals surface area contributed by atoms with Crippen molar-refractivity contribution in [3.05, 3.63) is 0 Å². The van der Waals surface area contributed by atoms with Gasteiger partial charge in [-0.3, -0.25) is 0 Å². The molecule has 0 aromatic heterocycles. The maximum atomic E-state index is 10.1. The van der Waals surface area contributed by atoms with E-state index in [9.17, 15) is 5.11 Å². The molecule has 3 unspecified atom stereocenters. The van der Waals surface area contributed by atoms with Crippen LogP contribution >= 0.6 is 0 Å². The Labute approximate surface area is 104 Å². The van der Waals surface area contributed by atoms with E-state index >= 15 is 0 Å². The highest BCUT2D eigenvalue weighted by atomic mass is 16.3. The highest BCUT2D eigenvalue weighted by Crippen LogP contribution is 2.36. The van der Waals surface area contributed by atoms with Gasteiger partial charge in [-0.1, -0.05) is 0 Å². The van der Waals surface area contributed by atoms with Gasteiger partial charge in [-0.2, -0.15) is 5.26 Å². The average Bonchev–Trinajstić information content (AvgIpc) is 2.57. The summed E-state index contributed by atoms with van der Waals surface area (Å²) < 4.78 is 0. The SMILES string of the molecule is CC(C)(C#N)CC(O)CN1CC2CCC(C2)C1. The van der Waals surface area contributed by atoms with E-state index in [2.05, 4.69) is 11.0 Å². The molecule has 1 N–H and O–H groups in total. The van der Waals surface area contributed by atoms with E-state index in [0.717, 1.165) is 31.5 Å². The van der Waals surface area contributed by atoms with Crippen molar-refractivity contribution in [2.45, 2.75) is 45.6 Å². The molecular formula is C14H24N2O. The van der Waals surface area contributed by atoms with Crippen LogP contribution in [0.2, 0.25) is 0 Å². The third kappa shape index (κ3) is 3.43. The lowest BCUT2D eigenvalue weighted by Gasteiger charge is -2.34. The Hall–Kier alpha value is -0.590. The molecule has 3 atom stereocenters. The van der Waals surface area contributed by atoms with E-state index in [1.54, 1.807) is 0 Å². The molecule has 2 bridgehead atoms. The molecule has 0 aromatic rings. The van der Waals surface area contributed by atoms with Gasteiger partial charge < -0.3 is 10.0 Å². The minimum absolute atomic E-state index is 0.359. The molecule has 1 saturated heterocycles. The number of nitriles is 1. The molecule has 96 valence electrons. The van der Waals surface area contributed by atoms with Crippen LogP contribution in [0.4, 0.5) is 0 Å². The molecule has 2 fully saturated rings. The number of nitrogens with zero attached hydrogens (tertiary/aromatic N) is 2. The molecule has 17 heavy (non-hydrogen) atoms. The smallest absolute Gasteiger partial charge is 0.0684 e. The van der Waals surface area contributed by atoms with Crippen LogP contribution in [0.25, 0.3) is 0 Å². The summed E-state index contributed by atoms with van der Waals surface area (Å²) in [7, 11) is 0. The predicted molar refractivity (Wildman–Crippen MR) is 67.3 cm³/mol. The normalized spacial score (nSPS) is 31.2. The van der Waals surface area contributed by atoms with Crippen LogP contribution in [0.5, 0.6) is 0 Å². The summed E-state index contributed by atoms with van der Waals surface area (Å²) in [6, 6.07) is 2.26. The lowest BCUT2D eigenvalue weighted by atomic mass is 9.88. The summed E-state index contributed by atoms with van der Waals surface area (Å²) in [5.41, 5.74) is -0.409. The second-order valence-corrected chi connectivity index (χ2v) is 6.62. The zero-order valence-electron chi connectivity index (χ0n) is 11.0. The zero-order chi connectivity index (χ0) is 12.5. The third-order valence-electron chi connectivity index (χ3n) is 4.20. The fourth-order valence-corrected chi connectivity index (χ4v) is 3.46. The average molecular weight is 236 g/mol. The van der Waals surface area contributed by atoms with Gasteiger partial charge in [-0.05, 0) is 51.4 Å². The summed E-state index contributed by atoms with van der Waals surface area (Å²) in [6.45, 7) is 6.85. The summed E-state index contributed by atoms with van der Waals surface area (Å²) in [5, 5.41) is 19.0. The molecule has 0 aromatic carbocycles. The molecule has 0 radical (unpaired) electrons. The van der Waals surface area contributed by atoms with Crippen LogP contribution in [0.3, 0.4) is 0 Å². The van der Waals surface area contributed by atoms with Crippen molar-refractivity contribution in [1.29, 1.82) is 5.26 Å². The van der Waals surface area contributed by atoms with Crippen LogP contribution in [-0.2, 0) is 0 Å². The highest BCUT2D eigenvalue weighted by Gasteiger charge is 2.34. The highest BCUT2D eigenvalue weighted by molar-refractivity contribution is 4.94. The van der Waals surface area contributed by atoms with Crippen LogP contribution < -0.4 is 0 Å². The van der Waals surface area contributed by atoms with Gasteiger partial charge in [0, 0.05) is 19.6 Å². The molecule has 1 heterocycles. The fraction of sp³-hybridized carbons (Fsp3) is 0.929. The largest absolute Gasteiger partial charge is 0.392 e. The summed E-state index contributed by atoms with van der Waals surface area (Å²) >= 11 is 0. The van der Waals surface area contributed by atoms with Crippen LogP contribution in [-0.4, -0.2) is 35.7 Å². The maximum absolute atomic E-state index is 10.1. The number of aliphatic hydroxyl groups is 1. The van der Waals surface area contributed by atoms with Crippen molar-refractivity contribution in [1.82, 2.24) is 4.90 Å². The van der Waals surface area contributed by atoms with Crippen molar-refractivity contribution in [2.24, 2.45) is 17.3 Å². The monoisotopic (exact) mass is 236 g/mol. The van der Waals surface area contributed by atoms with Crippen molar-refractivity contribution in [2.75, 3.05) is 19.6 Å². The molecule has 0 amide bonds. The van der Waals surface area contributed by atoms with Gasteiger partial charge in [0.25, 0.3) is 0 Å². The lowest BCUT2D eigenvalue weighted by Crippen LogP contribution is -2.41. The van der Waals surface area contributed by atoms with Crippen LogP contribution in [0.1, 0.15) is 39.5 Å². The second-order valence-electron chi connectivity index (χ2n) is 6.62. The van der Waals surface area contributed by atoms with Gasteiger partial charge >= 0.3 is 0 Å². The van der Waals surface area contributed by atoms with Crippen molar-refractivity contribution in [3.63, 3.8) is 0 Å². The Balaban J connectivity index is 1.79. The number of piperidine rings is 1. The second kappa shape index (κ2) is 4.96. The van der Waals surface area contributed by atoms with E-state index in [1.807, 2.05) is 13.8 Å². The Kier molecular flexibility index (Phi) is 3.75. The molecule has 3 nitrogen and oxygen atoms in total. The molecular weight excluding hydrogens is 212 g/mol. The Morgan fingerprint density at radius 3 is 2.47 bits per heavy atom. The quantitative estimate of drug-likeness (QED) is 0.812. The number of β-amino-alcohol motifs (C(OH)–C–C–N with tert-alkyl or cyclic N) is 1. The Morgan fingerprint density at radius 2 is 1.94 bits per heavy atom. The first-order valence-corrected chi connectivity index (χ1v) is 6.80. The number of fused-ring (bicyclic) bond motifs is 2. The first-order valence-electron chi connectivity index (χ1n) is 6.80. The standard InChI is InChI=1S/C14H24N2O/c1-14(2,10-15)6-13(17)9-16-7-11-3-4-12(5-11)8-16/h11-13,17H,3-9H2,1-2H3. The van der Waals surface area contributed by atoms with E-state index in [1.165, 1.54) is 19.3 Å². The van der Waals surface area contributed by atoms with Gasteiger partial charge in [0.15, 0.2) is 0 Å². The molecule has 2 aliphatic rings. The van der Waals surface area contributed by atoms with Gasteiger partial charge in [0.2, 0.25) is 0 Å². The Bertz CT molecular complexity index is 296. The van der Waals surface area contributed by atoms with E-state index < -0.39 is 5.41 Å². The summed E-state index contributed by atoms with van der Waals surface area (Å²) in [4.78, 5) is 2.41. The first kappa shape index (κ1) is 12.9. The van der Waals surface area contributed by atoms with Gasteiger partial charge in [0.1, 0.15) is 0 Å². The van der Waals surface area contributed by atoms with Gasteiger partial charge in [0.05, 0.1) is 17.6 Å². The first-order chi connectivity index (χ1) is 7.98. The maximum Gasteiger partial charge on any atom is 0.0684 e. The summed E-state index contributed by atoms with van der Waals surface area (Å²) in [5.74, 6) is 1.73. The van der Waals surface area contributed by atoms with E-state index in [4.69, 9.17) is 5.26 Å². The molecule has 3 heteroatoms. The Morgan fingerprint density at radius 1 is 1.35 bits per heavy atom. The lowest BCUT2D eigenvalue weighted by molar-refractivity contribution is 0.0615. The number of hydrogen-bond acceptors (Lipinski definition) is 3. The molecule has 1 saturated carbocycles. The minimum Gasteiger partial charge on any atom is -0.392 e. The molecule has 1 aliphatic carbocycles. The van der Waals surface area contributed by atoms with Gasteiger partial charge in [-0.15, -0.1) is 0 Å². The van der Waals surface area contributed by atoms with Crippen molar-refractivity contribution in [3.8, 4) is 6.07 Å². The van der Waals surface area contributed by atoms with Gasteiger partial charge in [-0.25, -0.2) is 0 Å². The molecule has 0 spiro atoms. The van der Waals surface area contributed by atoms with Crippen molar-refractivity contribution < 1.29 is 5.11 Å². The number of rotatable bonds is 4. The molecule has 2 rings (SSSR count). The number of likely N-dealkylation sites (tertiary alicyclic amines) is 1. The zero-order valence-corrected chi connectivity index (χ0v) is 11.0. The summed E-state index contributed by atoms with van der Waals surface area (Å²) in [6.07, 6.45) is 4.37. The fourth-order valence-electron chi connectivity index (χ4n) is 3.46. The molecule has 1 aliphatic heterocycles. The minimum atomic E-state index is -0.409. The van der Waals surface area contributed by atoms with E-state index in [-0.39, 0.29) is 6.10 Å². The third-order valence-corrected chi connectivity index (χ3v) is 4.20. The number of aliphatic hydroxyl groups excluding tert-OH is 1. The topological polar surface area (TPSA) is 47.3 Å². The number of hydrogen-bond donors (Lipinski definition) is 1. The van der Waals surface area contributed by atoms with Crippen molar-refractivity contribution >= 4 is 0 Å². The van der Waals surface area contributed by atoms with Crippen LogP contribution in [0, 0.1) is 28.6 Å². The van der Waals surface area contributed by atoms with Crippen LogP contribution in [0.15, 0.2) is 0 Å². The predicted octanol–water partition coefficient (Wildman–Crippen LogP) is 2.02. The van der Waals surface area contributed by atoms with E-state index in [0.29, 0.717) is 6.42 Å².